The van der Waals surface area contributed by atoms with Crippen LogP contribution in [-0.4, -0.2) is 34.1 Å². The Morgan fingerprint density at radius 1 is 1.15 bits per heavy atom. The van der Waals surface area contributed by atoms with Crippen molar-refractivity contribution in [3.05, 3.63) is 65.9 Å². The Morgan fingerprint density at radius 3 is 2.74 bits per heavy atom. The first-order chi connectivity index (χ1) is 13.2. The van der Waals surface area contributed by atoms with Crippen molar-refractivity contribution in [2.45, 2.75) is 32.4 Å². The fourth-order valence-electron chi connectivity index (χ4n) is 3.30. The molecule has 1 fully saturated rings. The van der Waals surface area contributed by atoms with Crippen LogP contribution >= 0.6 is 0 Å². The predicted molar refractivity (Wildman–Crippen MR) is 99.8 cm³/mol. The van der Waals surface area contributed by atoms with Gasteiger partial charge in [0.2, 0.25) is 11.8 Å². The highest BCUT2D eigenvalue weighted by molar-refractivity contribution is 5.52. The number of rotatable bonds is 5. The van der Waals surface area contributed by atoms with Gasteiger partial charge in [-0.1, -0.05) is 12.1 Å². The minimum absolute atomic E-state index is 0.190. The van der Waals surface area contributed by atoms with Crippen LogP contribution in [0.25, 0.3) is 11.5 Å². The van der Waals surface area contributed by atoms with Gasteiger partial charge in [0.15, 0.2) is 0 Å². The van der Waals surface area contributed by atoms with Gasteiger partial charge in [-0.2, -0.15) is 0 Å². The molecule has 0 bridgehead atoms. The average Bonchev–Trinajstić information content (AvgIpc) is 3.12. The molecule has 0 saturated carbocycles. The predicted octanol–water partition coefficient (Wildman–Crippen LogP) is 4.23. The van der Waals surface area contributed by atoms with Gasteiger partial charge in [-0.15, -0.1) is 0 Å². The van der Waals surface area contributed by atoms with Gasteiger partial charge in [0, 0.05) is 37.0 Å². The summed E-state index contributed by atoms with van der Waals surface area (Å²) in [5, 5.41) is 0. The quantitative estimate of drug-likeness (QED) is 0.676. The molecule has 0 aliphatic carbocycles. The Labute approximate surface area is 157 Å². The van der Waals surface area contributed by atoms with Crippen molar-refractivity contribution in [3.8, 4) is 17.3 Å². The SMILES string of the molecule is Cc1cccc(OC2CCN(Cc3coc(-c4cccc(F)c4)n3)CC2)n1. The lowest BCUT2D eigenvalue weighted by atomic mass is 10.1. The van der Waals surface area contributed by atoms with E-state index < -0.39 is 0 Å². The van der Waals surface area contributed by atoms with Crippen LogP contribution < -0.4 is 4.74 Å². The molecule has 2 aromatic heterocycles. The lowest BCUT2D eigenvalue weighted by Gasteiger charge is -2.31. The molecule has 0 N–H and O–H groups in total. The molecule has 4 rings (SSSR count). The number of piperidine rings is 1. The number of benzene rings is 1. The van der Waals surface area contributed by atoms with E-state index in [1.165, 1.54) is 12.1 Å². The number of ether oxygens (including phenoxy) is 1. The van der Waals surface area contributed by atoms with Crippen LogP contribution in [0.15, 0.2) is 53.1 Å². The molecule has 0 unspecified atom stereocenters. The molecule has 5 nitrogen and oxygen atoms in total. The number of nitrogens with zero attached hydrogens (tertiary/aromatic N) is 3. The highest BCUT2D eigenvalue weighted by Gasteiger charge is 2.22. The van der Waals surface area contributed by atoms with Crippen LogP contribution in [-0.2, 0) is 6.54 Å². The molecule has 1 aliphatic rings. The van der Waals surface area contributed by atoms with E-state index in [0.29, 0.717) is 23.9 Å². The van der Waals surface area contributed by atoms with E-state index in [0.717, 1.165) is 37.3 Å². The molecule has 6 heteroatoms. The smallest absolute Gasteiger partial charge is 0.226 e. The molecular formula is C21H22FN3O2. The lowest BCUT2D eigenvalue weighted by molar-refractivity contribution is 0.0924. The van der Waals surface area contributed by atoms with Gasteiger partial charge < -0.3 is 9.15 Å². The van der Waals surface area contributed by atoms with Crippen molar-refractivity contribution in [3.63, 3.8) is 0 Å². The molecular weight excluding hydrogens is 345 g/mol. The topological polar surface area (TPSA) is 51.4 Å². The third-order valence-electron chi connectivity index (χ3n) is 4.69. The number of pyridine rings is 1. The third-order valence-corrected chi connectivity index (χ3v) is 4.69. The maximum atomic E-state index is 13.4. The summed E-state index contributed by atoms with van der Waals surface area (Å²) in [5.41, 5.74) is 2.47. The first-order valence-electron chi connectivity index (χ1n) is 9.19. The Hall–Kier alpha value is -2.73. The highest BCUT2D eigenvalue weighted by Crippen LogP contribution is 2.22. The molecule has 3 heterocycles. The Kier molecular flexibility index (Phi) is 5.16. The summed E-state index contributed by atoms with van der Waals surface area (Å²) in [6.45, 7) is 4.54. The van der Waals surface area contributed by atoms with Crippen molar-refractivity contribution < 1.29 is 13.5 Å². The summed E-state index contributed by atoms with van der Waals surface area (Å²) >= 11 is 0. The number of aryl methyl sites for hydroxylation is 1. The molecule has 0 radical (unpaired) electrons. The van der Waals surface area contributed by atoms with Crippen LogP contribution in [0.4, 0.5) is 4.39 Å². The number of aromatic nitrogens is 2. The Balaban J connectivity index is 1.31. The van der Waals surface area contributed by atoms with E-state index >= 15 is 0 Å². The summed E-state index contributed by atoms with van der Waals surface area (Å²) < 4.78 is 24.9. The largest absolute Gasteiger partial charge is 0.474 e. The van der Waals surface area contributed by atoms with E-state index in [4.69, 9.17) is 9.15 Å². The second-order valence-electron chi connectivity index (χ2n) is 6.86. The van der Waals surface area contributed by atoms with Crippen LogP contribution in [0.2, 0.25) is 0 Å². The first-order valence-corrected chi connectivity index (χ1v) is 9.19. The molecule has 3 aromatic rings. The number of halogens is 1. The minimum atomic E-state index is -0.294. The van der Waals surface area contributed by atoms with E-state index in [9.17, 15) is 4.39 Å². The average molecular weight is 367 g/mol. The van der Waals surface area contributed by atoms with Crippen LogP contribution in [0.1, 0.15) is 24.2 Å². The Bertz CT molecular complexity index is 904. The minimum Gasteiger partial charge on any atom is -0.474 e. The second kappa shape index (κ2) is 7.88. The second-order valence-corrected chi connectivity index (χ2v) is 6.86. The summed E-state index contributed by atoms with van der Waals surface area (Å²) in [6, 6.07) is 12.1. The maximum absolute atomic E-state index is 13.4. The normalized spacial score (nSPS) is 15.8. The van der Waals surface area contributed by atoms with E-state index in [1.807, 2.05) is 25.1 Å². The fourth-order valence-corrected chi connectivity index (χ4v) is 3.30. The molecule has 1 aromatic carbocycles. The molecule has 0 amide bonds. The van der Waals surface area contributed by atoms with Gasteiger partial charge in [0.1, 0.15) is 18.2 Å². The lowest BCUT2D eigenvalue weighted by Crippen LogP contribution is -2.38. The van der Waals surface area contributed by atoms with Gasteiger partial charge in [-0.3, -0.25) is 4.90 Å². The molecule has 140 valence electrons. The summed E-state index contributed by atoms with van der Waals surface area (Å²) in [5.74, 6) is 0.857. The molecule has 0 spiro atoms. The summed E-state index contributed by atoms with van der Waals surface area (Å²) in [6.07, 6.45) is 3.74. The molecule has 0 atom stereocenters. The molecule has 1 saturated heterocycles. The Morgan fingerprint density at radius 2 is 1.96 bits per heavy atom. The van der Waals surface area contributed by atoms with Crippen molar-refractivity contribution in [1.29, 1.82) is 0 Å². The monoisotopic (exact) mass is 367 g/mol. The maximum Gasteiger partial charge on any atom is 0.226 e. The fraction of sp³-hybridized carbons (Fsp3) is 0.333. The number of likely N-dealkylation sites (tertiary alicyclic amines) is 1. The zero-order valence-corrected chi connectivity index (χ0v) is 15.3. The van der Waals surface area contributed by atoms with Crippen molar-refractivity contribution in [2.24, 2.45) is 0 Å². The zero-order valence-electron chi connectivity index (χ0n) is 15.3. The number of hydrogen-bond acceptors (Lipinski definition) is 5. The van der Waals surface area contributed by atoms with E-state index in [1.54, 1.807) is 18.4 Å². The van der Waals surface area contributed by atoms with E-state index in [-0.39, 0.29) is 11.9 Å². The van der Waals surface area contributed by atoms with E-state index in [2.05, 4.69) is 14.9 Å². The number of oxazole rings is 1. The van der Waals surface area contributed by atoms with Gasteiger partial charge in [-0.05, 0) is 44.0 Å². The highest BCUT2D eigenvalue weighted by atomic mass is 19.1. The summed E-state index contributed by atoms with van der Waals surface area (Å²) in [7, 11) is 0. The van der Waals surface area contributed by atoms with Gasteiger partial charge in [-0.25, -0.2) is 14.4 Å². The van der Waals surface area contributed by atoms with Crippen LogP contribution in [0.5, 0.6) is 5.88 Å². The number of hydrogen-bond donors (Lipinski definition) is 0. The van der Waals surface area contributed by atoms with Crippen molar-refractivity contribution >= 4 is 0 Å². The standard InChI is InChI=1S/C21H22FN3O2/c1-15-4-2-7-20(23-15)27-19-8-10-25(11-9-19)13-18-14-26-21(24-18)16-5-3-6-17(22)12-16/h2-7,12,14,19H,8-11,13H2,1H3. The zero-order chi connectivity index (χ0) is 18.6. The molecule has 1 aliphatic heterocycles. The van der Waals surface area contributed by atoms with Crippen molar-refractivity contribution in [1.82, 2.24) is 14.9 Å². The van der Waals surface area contributed by atoms with Gasteiger partial charge in [0.25, 0.3) is 0 Å². The summed E-state index contributed by atoms with van der Waals surface area (Å²) in [4.78, 5) is 11.2. The first kappa shape index (κ1) is 17.7. The third kappa shape index (κ3) is 4.52. The van der Waals surface area contributed by atoms with Crippen LogP contribution in [0, 0.1) is 12.7 Å². The van der Waals surface area contributed by atoms with Gasteiger partial charge in [0.05, 0.1) is 5.69 Å². The van der Waals surface area contributed by atoms with Crippen molar-refractivity contribution in [2.75, 3.05) is 13.1 Å². The van der Waals surface area contributed by atoms with Crippen LogP contribution in [0.3, 0.4) is 0 Å². The molecule has 27 heavy (non-hydrogen) atoms. The van der Waals surface area contributed by atoms with Gasteiger partial charge >= 0.3 is 0 Å².